The first-order valence-electron chi connectivity index (χ1n) is 13.7. The standard InChI is InChI=1S/C29H34F3N5O3/c1-20-16-26-23(17-25(20)27(38)33-8-11-35-12-14-40-15-13-35)19-37(34-26)18-21-6-9-36(10-7-21)28(39)22-2-4-24(5-3-22)29(30,31)32/h2-5,16-17,19,21H,6-15,18H2,1H3,(H,33,38). The summed E-state index contributed by atoms with van der Waals surface area (Å²) in [5, 5.41) is 8.64. The first-order chi connectivity index (χ1) is 19.2. The number of amides is 2. The lowest BCUT2D eigenvalue weighted by molar-refractivity contribution is -0.137. The van der Waals surface area contributed by atoms with Gasteiger partial charge in [0.15, 0.2) is 0 Å². The summed E-state index contributed by atoms with van der Waals surface area (Å²) in [4.78, 5) is 29.6. The van der Waals surface area contributed by atoms with E-state index in [1.807, 2.05) is 29.9 Å². The summed E-state index contributed by atoms with van der Waals surface area (Å²) < 4.78 is 45.7. The fraction of sp³-hybridized carbons (Fsp3) is 0.483. The van der Waals surface area contributed by atoms with Crippen molar-refractivity contribution in [2.45, 2.75) is 32.5 Å². The van der Waals surface area contributed by atoms with Gasteiger partial charge in [-0.25, -0.2) is 0 Å². The molecule has 40 heavy (non-hydrogen) atoms. The number of nitrogens with one attached hydrogen (secondary N) is 1. The van der Waals surface area contributed by atoms with Crippen LogP contribution in [0.2, 0.25) is 0 Å². The lowest BCUT2D eigenvalue weighted by Gasteiger charge is -2.32. The molecule has 0 bridgehead atoms. The second kappa shape index (κ2) is 12.0. The topological polar surface area (TPSA) is 79.7 Å². The molecular weight excluding hydrogens is 523 g/mol. The Balaban J connectivity index is 1.14. The Bertz CT molecular complexity index is 1340. The average Bonchev–Trinajstić information content (AvgIpc) is 3.33. The highest BCUT2D eigenvalue weighted by molar-refractivity contribution is 5.99. The van der Waals surface area contributed by atoms with E-state index in [9.17, 15) is 22.8 Å². The maximum Gasteiger partial charge on any atom is 0.416 e. The van der Waals surface area contributed by atoms with Gasteiger partial charge in [-0.2, -0.15) is 18.3 Å². The highest BCUT2D eigenvalue weighted by atomic mass is 19.4. The number of carbonyl (C=O) groups is 2. The van der Waals surface area contributed by atoms with Crippen LogP contribution < -0.4 is 5.32 Å². The predicted molar refractivity (Wildman–Crippen MR) is 144 cm³/mol. The molecule has 1 N–H and O–H groups in total. The lowest BCUT2D eigenvalue weighted by Crippen LogP contribution is -2.41. The summed E-state index contributed by atoms with van der Waals surface area (Å²) in [6, 6.07) is 8.22. The van der Waals surface area contributed by atoms with Crippen LogP contribution in [-0.2, 0) is 17.5 Å². The normalized spacial score (nSPS) is 17.4. The van der Waals surface area contributed by atoms with Crippen molar-refractivity contribution in [1.29, 1.82) is 0 Å². The molecule has 2 aliphatic heterocycles. The van der Waals surface area contributed by atoms with E-state index in [0.29, 0.717) is 37.7 Å². The van der Waals surface area contributed by atoms with Crippen LogP contribution in [0.5, 0.6) is 0 Å². The molecule has 3 heterocycles. The fourth-order valence-corrected chi connectivity index (χ4v) is 5.38. The van der Waals surface area contributed by atoms with E-state index in [4.69, 9.17) is 9.84 Å². The Labute approximate surface area is 231 Å². The van der Waals surface area contributed by atoms with Gasteiger partial charge in [0.05, 0.1) is 24.3 Å². The number of hydrogen-bond acceptors (Lipinski definition) is 5. The Morgan fingerprint density at radius 3 is 2.42 bits per heavy atom. The maximum absolute atomic E-state index is 12.9. The molecule has 0 atom stereocenters. The van der Waals surface area contributed by atoms with E-state index in [0.717, 1.165) is 74.3 Å². The van der Waals surface area contributed by atoms with Gasteiger partial charge in [-0.05, 0) is 67.6 Å². The summed E-state index contributed by atoms with van der Waals surface area (Å²) in [6.45, 7) is 8.29. The molecule has 2 fully saturated rings. The molecule has 0 aliphatic carbocycles. The molecule has 0 spiro atoms. The van der Waals surface area contributed by atoms with Gasteiger partial charge < -0.3 is 15.0 Å². The van der Waals surface area contributed by atoms with E-state index in [1.165, 1.54) is 12.1 Å². The Hall–Kier alpha value is -3.44. The molecule has 214 valence electrons. The third-order valence-electron chi connectivity index (χ3n) is 7.77. The maximum atomic E-state index is 12.9. The number of fused-ring (bicyclic) bond motifs is 1. The molecule has 2 aliphatic rings. The molecule has 0 radical (unpaired) electrons. The zero-order valence-electron chi connectivity index (χ0n) is 22.5. The van der Waals surface area contributed by atoms with Gasteiger partial charge in [0.25, 0.3) is 11.8 Å². The van der Waals surface area contributed by atoms with Gasteiger partial charge >= 0.3 is 6.18 Å². The van der Waals surface area contributed by atoms with Gasteiger partial charge in [0.2, 0.25) is 0 Å². The van der Waals surface area contributed by atoms with E-state index < -0.39 is 11.7 Å². The van der Waals surface area contributed by atoms with Gasteiger partial charge in [-0.3, -0.25) is 19.2 Å². The minimum Gasteiger partial charge on any atom is -0.379 e. The van der Waals surface area contributed by atoms with Gasteiger partial charge in [0.1, 0.15) is 0 Å². The third-order valence-corrected chi connectivity index (χ3v) is 7.77. The minimum atomic E-state index is -4.42. The molecular formula is C29H34F3N5O3. The first kappa shape index (κ1) is 28.1. The van der Waals surface area contributed by atoms with Crippen LogP contribution in [0.15, 0.2) is 42.6 Å². The number of piperidine rings is 1. The molecule has 0 saturated carbocycles. The summed E-state index contributed by atoms with van der Waals surface area (Å²) >= 11 is 0. The second-order valence-corrected chi connectivity index (χ2v) is 10.6. The van der Waals surface area contributed by atoms with Crippen LogP contribution >= 0.6 is 0 Å². The van der Waals surface area contributed by atoms with Crippen molar-refractivity contribution in [3.8, 4) is 0 Å². The number of nitrogens with zero attached hydrogens (tertiary/aromatic N) is 4. The molecule has 3 aromatic rings. The van der Waals surface area contributed by atoms with Crippen LogP contribution in [0.1, 0.15) is 44.7 Å². The van der Waals surface area contributed by atoms with E-state index >= 15 is 0 Å². The summed E-state index contributed by atoms with van der Waals surface area (Å²) in [5.41, 5.74) is 1.85. The van der Waals surface area contributed by atoms with Crippen molar-refractivity contribution in [2.75, 3.05) is 52.5 Å². The van der Waals surface area contributed by atoms with Gasteiger partial charge in [-0.15, -0.1) is 0 Å². The molecule has 0 unspecified atom stereocenters. The summed E-state index contributed by atoms with van der Waals surface area (Å²) in [6.07, 6.45) is -0.914. The zero-order valence-corrected chi connectivity index (χ0v) is 22.5. The molecule has 5 rings (SSSR count). The minimum absolute atomic E-state index is 0.0921. The number of hydrogen-bond donors (Lipinski definition) is 1. The Kier molecular flexibility index (Phi) is 8.41. The van der Waals surface area contributed by atoms with E-state index in [2.05, 4.69) is 10.2 Å². The van der Waals surface area contributed by atoms with Crippen molar-refractivity contribution < 1.29 is 27.5 Å². The number of benzene rings is 2. The molecule has 8 nitrogen and oxygen atoms in total. The SMILES string of the molecule is Cc1cc2nn(CC3CCN(C(=O)c4ccc(C(F)(F)F)cc4)CC3)cc2cc1C(=O)NCCN1CCOCC1. The number of halogens is 3. The number of rotatable bonds is 7. The zero-order chi connectivity index (χ0) is 28.3. The quantitative estimate of drug-likeness (QED) is 0.476. The largest absolute Gasteiger partial charge is 0.416 e. The predicted octanol–water partition coefficient (Wildman–Crippen LogP) is 3.98. The number of ether oxygens (including phenoxy) is 1. The molecule has 2 saturated heterocycles. The molecule has 2 aromatic carbocycles. The van der Waals surface area contributed by atoms with Crippen LogP contribution in [0, 0.1) is 12.8 Å². The van der Waals surface area contributed by atoms with Crippen molar-refractivity contribution in [3.05, 3.63) is 64.8 Å². The Morgan fingerprint density at radius 2 is 1.75 bits per heavy atom. The van der Waals surface area contributed by atoms with Gasteiger partial charge in [0, 0.05) is 68.5 Å². The first-order valence-corrected chi connectivity index (χ1v) is 13.7. The Morgan fingerprint density at radius 1 is 1.05 bits per heavy atom. The van der Waals surface area contributed by atoms with Crippen LogP contribution in [-0.4, -0.2) is 83.9 Å². The monoisotopic (exact) mass is 557 g/mol. The number of aromatic nitrogens is 2. The number of carbonyl (C=O) groups excluding carboxylic acids is 2. The lowest BCUT2D eigenvalue weighted by atomic mass is 9.96. The van der Waals surface area contributed by atoms with Crippen molar-refractivity contribution >= 4 is 22.7 Å². The van der Waals surface area contributed by atoms with Crippen molar-refractivity contribution in [2.24, 2.45) is 5.92 Å². The highest BCUT2D eigenvalue weighted by Crippen LogP contribution is 2.30. The molecule has 1 aromatic heterocycles. The van der Waals surface area contributed by atoms with Crippen molar-refractivity contribution in [3.63, 3.8) is 0 Å². The van der Waals surface area contributed by atoms with Crippen molar-refractivity contribution in [1.82, 2.24) is 24.9 Å². The van der Waals surface area contributed by atoms with Crippen LogP contribution in [0.4, 0.5) is 13.2 Å². The van der Waals surface area contributed by atoms with Gasteiger partial charge in [-0.1, -0.05) is 0 Å². The summed E-state index contributed by atoms with van der Waals surface area (Å²) in [5.74, 6) is -0.0243. The van der Waals surface area contributed by atoms with E-state index in [-0.39, 0.29) is 17.4 Å². The van der Waals surface area contributed by atoms with E-state index in [1.54, 1.807) is 4.90 Å². The fourth-order valence-electron chi connectivity index (χ4n) is 5.38. The number of aryl methyl sites for hydroxylation is 1. The number of alkyl halides is 3. The third kappa shape index (κ3) is 6.64. The number of morpholine rings is 1. The highest BCUT2D eigenvalue weighted by Gasteiger charge is 2.31. The van der Waals surface area contributed by atoms with Crippen LogP contribution in [0.3, 0.4) is 0 Å². The summed E-state index contributed by atoms with van der Waals surface area (Å²) in [7, 11) is 0. The smallest absolute Gasteiger partial charge is 0.379 e. The average molecular weight is 558 g/mol. The molecule has 2 amide bonds. The number of likely N-dealkylation sites (tertiary alicyclic amines) is 1. The molecule has 11 heteroatoms. The van der Waals surface area contributed by atoms with Crippen LogP contribution in [0.25, 0.3) is 10.9 Å². The second-order valence-electron chi connectivity index (χ2n) is 10.6.